The van der Waals surface area contributed by atoms with Crippen LogP contribution in [-0.4, -0.2) is 48.3 Å². The largest absolute Gasteiger partial charge is 0.450 e. The zero-order chi connectivity index (χ0) is 27.2. The molecule has 4 aromatic rings. The van der Waals surface area contributed by atoms with E-state index in [1.807, 2.05) is 6.07 Å². The van der Waals surface area contributed by atoms with Crippen molar-refractivity contribution in [1.82, 2.24) is 9.55 Å². The van der Waals surface area contributed by atoms with Crippen LogP contribution in [0.5, 0.6) is 0 Å². The lowest BCUT2D eigenvalue weighted by molar-refractivity contribution is -0.121. The Morgan fingerprint density at radius 1 is 1.05 bits per heavy atom. The number of ether oxygens (including phenoxy) is 2. The molecule has 2 aromatic heterocycles. The van der Waals surface area contributed by atoms with Crippen molar-refractivity contribution in [3.63, 3.8) is 0 Å². The van der Waals surface area contributed by atoms with Crippen molar-refractivity contribution in [2.45, 2.75) is 6.54 Å². The molecule has 0 aliphatic carbocycles. The molecule has 196 valence electrons. The summed E-state index contributed by atoms with van der Waals surface area (Å²) in [6.45, 7) is -0.891. The van der Waals surface area contributed by atoms with Crippen molar-refractivity contribution in [3.8, 4) is 0 Å². The highest BCUT2D eigenvalue weighted by molar-refractivity contribution is 5.98. The molecule has 0 fully saturated rings. The molecule has 12 nitrogen and oxygen atoms in total. The summed E-state index contributed by atoms with van der Waals surface area (Å²) in [6.07, 6.45) is 0. The topological polar surface area (TPSA) is 167 Å². The Hall–Kier alpha value is -4.97. The van der Waals surface area contributed by atoms with E-state index < -0.39 is 40.9 Å². The minimum absolute atomic E-state index is 0.00985. The predicted octanol–water partition coefficient (Wildman–Crippen LogP) is 1.11. The van der Waals surface area contributed by atoms with Crippen LogP contribution < -0.4 is 27.3 Å². The van der Waals surface area contributed by atoms with Crippen molar-refractivity contribution < 1.29 is 23.5 Å². The molecule has 3 N–H and O–H groups in total. The summed E-state index contributed by atoms with van der Waals surface area (Å²) >= 11 is 0. The van der Waals surface area contributed by atoms with Crippen LogP contribution >= 0.6 is 0 Å². The van der Waals surface area contributed by atoms with E-state index in [4.69, 9.17) is 19.6 Å². The third kappa shape index (κ3) is 5.55. The monoisotopic (exact) mass is 520 g/mol. The SMILES string of the molecule is COCCN(C(=O)COC(=O)c1cc(=O)c2ccccc2o1)c1c(N)n(Cc2ccccc2)c(=O)[nH]c1=O. The maximum atomic E-state index is 13.1. The average Bonchev–Trinajstić information content (AvgIpc) is 2.91. The summed E-state index contributed by atoms with van der Waals surface area (Å²) in [7, 11) is 1.40. The second-order valence-corrected chi connectivity index (χ2v) is 8.15. The predicted molar refractivity (Wildman–Crippen MR) is 138 cm³/mol. The summed E-state index contributed by atoms with van der Waals surface area (Å²) < 4.78 is 16.7. The van der Waals surface area contributed by atoms with Gasteiger partial charge in [0.1, 0.15) is 11.4 Å². The molecule has 0 saturated carbocycles. The number of rotatable bonds is 9. The molecule has 0 unspecified atom stereocenters. The Labute approximate surface area is 214 Å². The van der Waals surface area contributed by atoms with Gasteiger partial charge in [0.15, 0.2) is 17.7 Å². The van der Waals surface area contributed by atoms with Gasteiger partial charge in [-0.3, -0.25) is 28.8 Å². The number of hydrogen-bond donors (Lipinski definition) is 2. The van der Waals surface area contributed by atoms with Crippen molar-refractivity contribution >= 4 is 34.4 Å². The number of methoxy groups -OCH3 is 1. The molecule has 0 atom stereocenters. The first-order valence-corrected chi connectivity index (χ1v) is 11.5. The Morgan fingerprint density at radius 3 is 2.50 bits per heavy atom. The molecular formula is C26H24N4O8. The second-order valence-electron chi connectivity index (χ2n) is 8.15. The summed E-state index contributed by atoms with van der Waals surface area (Å²) in [5.74, 6) is -2.51. The van der Waals surface area contributed by atoms with Gasteiger partial charge in [0.05, 0.1) is 18.5 Å². The van der Waals surface area contributed by atoms with E-state index in [1.54, 1.807) is 42.5 Å². The van der Waals surface area contributed by atoms with E-state index in [2.05, 4.69) is 4.98 Å². The Balaban J connectivity index is 1.60. The number of H-pyrrole nitrogens is 1. The number of carbonyl (C=O) groups is 2. The minimum Gasteiger partial charge on any atom is -0.450 e. The molecule has 4 rings (SSSR count). The molecule has 2 aromatic carbocycles. The zero-order valence-electron chi connectivity index (χ0n) is 20.3. The zero-order valence-corrected chi connectivity index (χ0v) is 20.3. The molecular weight excluding hydrogens is 496 g/mol. The van der Waals surface area contributed by atoms with E-state index >= 15 is 0 Å². The van der Waals surface area contributed by atoms with Crippen LogP contribution in [0.2, 0.25) is 0 Å². The third-order valence-electron chi connectivity index (χ3n) is 5.65. The fourth-order valence-electron chi connectivity index (χ4n) is 3.79. The quantitative estimate of drug-likeness (QED) is 0.307. The Morgan fingerprint density at radius 2 is 1.76 bits per heavy atom. The van der Waals surface area contributed by atoms with E-state index in [0.717, 1.165) is 21.1 Å². The number of nitrogens with one attached hydrogen (secondary N) is 1. The number of nitrogens with zero attached hydrogens (tertiary/aromatic N) is 2. The molecule has 38 heavy (non-hydrogen) atoms. The van der Waals surface area contributed by atoms with Gasteiger partial charge in [-0.1, -0.05) is 42.5 Å². The minimum atomic E-state index is -1.05. The second kappa shape index (κ2) is 11.4. The smallest absolute Gasteiger partial charge is 0.374 e. The number of fused-ring (bicyclic) bond motifs is 1. The Bertz CT molecular complexity index is 1660. The molecule has 1 amide bonds. The first-order valence-electron chi connectivity index (χ1n) is 11.5. The molecule has 0 bridgehead atoms. The van der Waals surface area contributed by atoms with E-state index in [-0.39, 0.29) is 42.2 Å². The highest BCUT2D eigenvalue weighted by atomic mass is 16.5. The molecule has 0 aliphatic rings. The molecule has 0 radical (unpaired) electrons. The summed E-state index contributed by atoms with van der Waals surface area (Å²) in [5, 5.41) is 0.284. The lowest BCUT2D eigenvalue weighted by Gasteiger charge is -2.24. The van der Waals surface area contributed by atoms with E-state index in [9.17, 15) is 24.0 Å². The maximum absolute atomic E-state index is 13.1. The number of hydrogen-bond acceptors (Lipinski definition) is 9. The van der Waals surface area contributed by atoms with Gasteiger partial charge in [-0.05, 0) is 17.7 Å². The molecule has 2 heterocycles. The van der Waals surface area contributed by atoms with Gasteiger partial charge in [0.25, 0.3) is 11.5 Å². The van der Waals surface area contributed by atoms with Crippen LogP contribution in [0.25, 0.3) is 11.0 Å². The van der Waals surface area contributed by atoms with Gasteiger partial charge in [-0.2, -0.15) is 0 Å². The molecule has 0 aliphatic heterocycles. The lowest BCUT2D eigenvalue weighted by Crippen LogP contribution is -2.44. The highest BCUT2D eigenvalue weighted by Gasteiger charge is 2.26. The fourth-order valence-corrected chi connectivity index (χ4v) is 3.79. The number of esters is 1. The Kier molecular flexibility index (Phi) is 7.83. The van der Waals surface area contributed by atoms with E-state index in [1.165, 1.54) is 13.2 Å². The standard InChI is InChI=1S/C26H24N4O8/c1-36-12-11-29(22-23(27)30(26(35)28-24(22)33)14-16-7-3-2-4-8-16)21(32)15-37-25(34)20-13-18(31)17-9-5-6-10-19(17)38-20/h2-10,13H,11-12,14-15,27H2,1H3,(H,28,33,35). The fraction of sp³-hybridized carbons (Fsp3) is 0.192. The van der Waals surface area contributed by atoms with Gasteiger partial charge < -0.3 is 19.6 Å². The number of benzene rings is 2. The first-order chi connectivity index (χ1) is 18.3. The van der Waals surface area contributed by atoms with Crippen LogP contribution in [0.3, 0.4) is 0 Å². The number of nitrogen functional groups attached to an aromatic ring is 1. The molecule has 0 spiro atoms. The summed E-state index contributed by atoms with van der Waals surface area (Å²) in [5.41, 5.74) is 4.73. The van der Waals surface area contributed by atoms with Crippen molar-refractivity contribution in [2.24, 2.45) is 0 Å². The molecule has 0 saturated heterocycles. The van der Waals surface area contributed by atoms with Crippen LogP contribution in [-0.2, 0) is 20.8 Å². The lowest BCUT2D eigenvalue weighted by atomic mass is 10.2. The van der Waals surface area contributed by atoms with Gasteiger partial charge in [0, 0.05) is 19.7 Å². The van der Waals surface area contributed by atoms with Crippen molar-refractivity contribution in [1.29, 1.82) is 0 Å². The number of anilines is 2. The van der Waals surface area contributed by atoms with Gasteiger partial charge >= 0.3 is 11.7 Å². The van der Waals surface area contributed by atoms with Gasteiger partial charge in [-0.25, -0.2) is 9.59 Å². The number of para-hydroxylation sites is 1. The summed E-state index contributed by atoms with van der Waals surface area (Å²) in [4.78, 5) is 66.4. The number of nitrogens with two attached hydrogens (primary N) is 1. The number of amides is 1. The first kappa shape index (κ1) is 26.1. The molecule has 12 heteroatoms. The average molecular weight is 520 g/mol. The number of aromatic nitrogens is 2. The normalized spacial score (nSPS) is 10.9. The van der Waals surface area contributed by atoms with Crippen LogP contribution in [0.4, 0.5) is 11.5 Å². The van der Waals surface area contributed by atoms with Crippen LogP contribution in [0, 0.1) is 0 Å². The maximum Gasteiger partial charge on any atom is 0.374 e. The van der Waals surface area contributed by atoms with Crippen molar-refractivity contribution in [2.75, 3.05) is 37.5 Å². The van der Waals surface area contributed by atoms with Crippen LogP contribution in [0.15, 0.2) is 79.5 Å². The summed E-state index contributed by atoms with van der Waals surface area (Å²) in [6, 6.07) is 16.2. The third-order valence-corrected chi connectivity index (χ3v) is 5.65. The van der Waals surface area contributed by atoms with Crippen LogP contribution in [0.1, 0.15) is 16.1 Å². The van der Waals surface area contributed by atoms with E-state index in [0.29, 0.717) is 0 Å². The van der Waals surface area contributed by atoms with Crippen molar-refractivity contribution in [3.05, 3.63) is 103 Å². The number of aromatic amines is 1. The number of carbonyl (C=O) groups excluding carboxylic acids is 2. The van der Waals surface area contributed by atoms with Gasteiger partial charge in [0.2, 0.25) is 5.76 Å². The van der Waals surface area contributed by atoms with Gasteiger partial charge in [-0.15, -0.1) is 0 Å². The highest BCUT2D eigenvalue weighted by Crippen LogP contribution is 2.18.